The molecule has 0 fully saturated rings. The first kappa shape index (κ1) is 19.6. The number of hydrogen-bond donors (Lipinski definition) is 0. The number of nitrogens with zero attached hydrogens (tertiary/aromatic N) is 5. The molecular weight excluding hydrogens is 378 g/mol. The maximum Gasteiger partial charge on any atom is 0.276 e. The zero-order chi connectivity index (χ0) is 21.1. The van der Waals surface area contributed by atoms with Gasteiger partial charge in [0.25, 0.3) is 5.91 Å². The third-order valence-electron chi connectivity index (χ3n) is 5.20. The SMILES string of the molecule is C=N/C=C(\C=C/C)c1cc(C(=O)N2Cc3ccccc3C(c3cnn(C)c3)C2)no1. The molecule has 1 aliphatic heterocycles. The van der Waals surface area contributed by atoms with E-state index in [2.05, 4.69) is 34.1 Å². The highest BCUT2D eigenvalue weighted by Gasteiger charge is 2.31. The maximum atomic E-state index is 13.3. The van der Waals surface area contributed by atoms with Crippen molar-refractivity contribution >= 4 is 18.2 Å². The highest BCUT2D eigenvalue weighted by Crippen LogP contribution is 2.34. The van der Waals surface area contributed by atoms with E-state index in [0.29, 0.717) is 24.4 Å². The number of benzene rings is 1. The van der Waals surface area contributed by atoms with Crippen LogP contribution in [0.3, 0.4) is 0 Å². The van der Waals surface area contributed by atoms with Gasteiger partial charge in [0.15, 0.2) is 11.5 Å². The molecule has 1 unspecified atom stereocenters. The van der Waals surface area contributed by atoms with Crippen molar-refractivity contribution in [3.05, 3.63) is 89.2 Å². The average Bonchev–Trinajstić information content (AvgIpc) is 3.42. The van der Waals surface area contributed by atoms with Gasteiger partial charge < -0.3 is 9.42 Å². The molecule has 0 bridgehead atoms. The number of fused-ring (bicyclic) bond motifs is 1. The minimum Gasteiger partial charge on any atom is -0.355 e. The van der Waals surface area contributed by atoms with Crippen LogP contribution < -0.4 is 0 Å². The minimum atomic E-state index is -0.167. The maximum absolute atomic E-state index is 13.3. The summed E-state index contributed by atoms with van der Waals surface area (Å²) in [7, 11) is 1.89. The number of aliphatic imine (C=N–C) groups is 1. The summed E-state index contributed by atoms with van der Waals surface area (Å²) in [6.45, 7) is 6.45. The molecule has 1 aromatic carbocycles. The largest absolute Gasteiger partial charge is 0.355 e. The van der Waals surface area contributed by atoms with Crippen LogP contribution in [0.2, 0.25) is 0 Å². The van der Waals surface area contributed by atoms with E-state index in [-0.39, 0.29) is 17.5 Å². The number of hydrogen-bond acceptors (Lipinski definition) is 5. The lowest BCUT2D eigenvalue weighted by molar-refractivity contribution is 0.0714. The number of allylic oxidation sites excluding steroid dienone is 3. The normalized spacial score (nSPS) is 16.7. The van der Waals surface area contributed by atoms with Crippen LogP contribution in [-0.2, 0) is 13.6 Å². The van der Waals surface area contributed by atoms with Crippen LogP contribution in [0.15, 0.2) is 70.6 Å². The van der Waals surface area contributed by atoms with Crippen LogP contribution in [0.5, 0.6) is 0 Å². The van der Waals surface area contributed by atoms with Gasteiger partial charge in [0.05, 0.1) is 6.20 Å². The second-order valence-electron chi connectivity index (χ2n) is 7.23. The Morgan fingerprint density at radius 2 is 2.20 bits per heavy atom. The van der Waals surface area contributed by atoms with Gasteiger partial charge in [0.2, 0.25) is 0 Å². The molecule has 2 aromatic heterocycles. The van der Waals surface area contributed by atoms with E-state index in [9.17, 15) is 4.79 Å². The van der Waals surface area contributed by atoms with Crippen LogP contribution in [0, 0.1) is 0 Å². The van der Waals surface area contributed by atoms with Crippen LogP contribution in [0.25, 0.3) is 5.57 Å². The van der Waals surface area contributed by atoms with Gasteiger partial charge in [-0.05, 0) is 30.3 Å². The Labute approximate surface area is 175 Å². The fourth-order valence-electron chi connectivity index (χ4n) is 3.81. The first-order valence-corrected chi connectivity index (χ1v) is 9.72. The third kappa shape index (κ3) is 3.74. The molecule has 0 aliphatic carbocycles. The molecule has 3 aromatic rings. The van der Waals surface area contributed by atoms with Gasteiger partial charge in [-0.1, -0.05) is 41.6 Å². The fourth-order valence-corrected chi connectivity index (χ4v) is 3.81. The number of amides is 1. The summed E-state index contributed by atoms with van der Waals surface area (Å²) in [5.74, 6) is 0.368. The molecule has 1 atom stereocenters. The van der Waals surface area contributed by atoms with Crippen molar-refractivity contribution in [3.8, 4) is 0 Å². The highest BCUT2D eigenvalue weighted by molar-refractivity contribution is 5.93. The van der Waals surface area contributed by atoms with Crippen LogP contribution >= 0.6 is 0 Å². The topological polar surface area (TPSA) is 76.5 Å². The Morgan fingerprint density at radius 1 is 1.37 bits per heavy atom. The van der Waals surface area contributed by atoms with E-state index in [1.807, 2.05) is 55.5 Å². The molecule has 0 saturated carbocycles. The van der Waals surface area contributed by atoms with Gasteiger partial charge in [0, 0.05) is 50.1 Å². The van der Waals surface area contributed by atoms with E-state index >= 15 is 0 Å². The van der Waals surface area contributed by atoms with Crippen LogP contribution in [-0.4, -0.2) is 39.0 Å². The molecule has 0 spiro atoms. The molecule has 3 heterocycles. The molecule has 0 radical (unpaired) electrons. The van der Waals surface area contributed by atoms with Crippen LogP contribution in [0.4, 0.5) is 0 Å². The first-order valence-electron chi connectivity index (χ1n) is 9.72. The lowest BCUT2D eigenvalue weighted by Crippen LogP contribution is -2.38. The van der Waals surface area contributed by atoms with E-state index < -0.39 is 0 Å². The molecule has 1 aliphatic rings. The number of aryl methyl sites for hydroxylation is 1. The van der Waals surface area contributed by atoms with E-state index in [0.717, 1.165) is 11.1 Å². The first-order chi connectivity index (χ1) is 14.6. The summed E-state index contributed by atoms with van der Waals surface area (Å²) < 4.78 is 7.19. The van der Waals surface area contributed by atoms with Gasteiger partial charge in [-0.15, -0.1) is 0 Å². The van der Waals surface area contributed by atoms with Crippen molar-refractivity contribution < 1.29 is 9.32 Å². The Bertz CT molecular complexity index is 1140. The molecule has 7 nitrogen and oxygen atoms in total. The molecule has 152 valence electrons. The summed E-state index contributed by atoms with van der Waals surface area (Å²) in [5, 5.41) is 8.32. The predicted molar refractivity (Wildman–Crippen MR) is 115 cm³/mol. The Morgan fingerprint density at radius 3 is 2.93 bits per heavy atom. The van der Waals surface area contributed by atoms with E-state index in [1.54, 1.807) is 16.9 Å². The summed E-state index contributed by atoms with van der Waals surface area (Å²) in [6, 6.07) is 9.87. The smallest absolute Gasteiger partial charge is 0.276 e. The number of aromatic nitrogens is 3. The van der Waals surface area contributed by atoms with Gasteiger partial charge >= 0.3 is 0 Å². The number of carbonyl (C=O) groups is 1. The van der Waals surface area contributed by atoms with Gasteiger partial charge in [-0.25, -0.2) is 0 Å². The number of rotatable bonds is 5. The Balaban J connectivity index is 1.64. The summed E-state index contributed by atoms with van der Waals surface area (Å²) >= 11 is 0. The Kier molecular flexibility index (Phi) is 5.43. The van der Waals surface area contributed by atoms with Crippen molar-refractivity contribution in [2.45, 2.75) is 19.4 Å². The summed E-state index contributed by atoms with van der Waals surface area (Å²) in [4.78, 5) is 18.9. The summed E-state index contributed by atoms with van der Waals surface area (Å²) in [5.41, 5.74) is 4.41. The van der Waals surface area contributed by atoms with Gasteiger partial charge in [0.1, 0.15) is 0 Å². The lowest BCUT2D eigenvalue weighted by Gasteiger charge is -2.34. The lowest BCUT2D eigenvalue weighted by atomic mass is 9.86. The molecule has 30 heavy (non-hydrogen) atoms. The van der Waals surface area contributed by atoms with Crippen molar-refractivity contribution in [1.82, 2.24) is 19.8 Å². The van der Waals surface area contributed by atoms with E-state index in [1.165, 1.54) is 5.56 Å². The quantitative estimate of drug-likeness (QED) is 0.481. The second kappa shape index (κ2) is 8.32. The van der Waals surface area contributed by atoms with E-state index in [4.69, 9.17) is 4.52 Å². The fraction of sp³-hybridized carbons (Fsp3) is 0.217. The molecular formula is C23H23N5O2. The Hall–Kier alpha value is -3.74. The standard InChI is InChI=1S/C23H23N5O2/c1-4-7-16(11-24-2)22-10-21(26-30-22)23(29)28-14-17-8-5-6-9-19(17)20(15-28)18-12-25-27(3)13-18/h4-13,20H,2,14-15H2,1,3H3/b7-4-,16-11+. The van der Waals surface area contributed by atoms with Crippen molar-refractivity contribution in [1.29, 1.82) is 0 Å². The molecule has 4 rings (SSSR count). The summed E-state index contributed by atoms with van der Waals surface area (Å²) in [6.07, 6.45) is 9.13. The average molecular weight is 401 g/mol. The third-order valence-corrected chi connectivity index (χ3v) is 5.20. The van der Waals surface area contributed by atoms with Crippen LogP contribution in [0.1, 0.15) is 45.8 Å². The van der Waals surface area contributed by atoms with Crippen molar-refractivity contribution in [2.75, 3.05) is 6.54 Å². The molecule has 1 amide bonds. The molecule has 0 N–H and O–H groups in total. The highest BCUT2D eigenvalue weighted by atomic mass is 16.5. The van der Waals surface area contributed by atoms with Crippen molar-refractivity contribution in [2.24, 2.45) is 12.0 Å². The monoisotopic (exact) mass is 401 g/mol. The molecule has 7 heteroatoms. The minimum absolute atomic E-state index is 0.0578. The zero-order valence-electron chi connectivity index (χ0n) is 17.0. The second-order valence-corrected chi connectivity index (χ2v) is 7.23. The number of carbonyl (C=O) groups excluding carboxylic acids is 1. The van der Waals surface area contributed by atoms with Gasteiger partial charge in [-0.2, -0.15) is 5.10 Å². The van der Waals surface area contributed by atoms with Crippen molar-refractivity contribution in [3.63, 3.8) is 0 Å². The zero-order valence-corrected chi connectivity index (χ0v) is 17.0. The van der Waals surface area contributed by atoms with Gasteiger partial charge in [-0.3, -0.25) is 14.5 Å². The predicted octanol–water partition coefficient (Wildman–Crippen LogP) is 3.81. The molecule has 0 saturated heterocycles.